The lowest BCUT2D eigenvalue weighted by Crippen LogP contribution is -2.43. The maximum absolute atomic E-state index is 12.9. The molecular formula is C19H17ClF3N5O2. The Hall–Kier alpha value is -2.72. The van der Waals surface area contributed by atoms with Gasteiger partial charge in [-0.25, -0.2) is 14.8 Å². The molecule has 0 aromatic carbocycles. The number of hydrogen-bond acceptors (Lipinski definition) is 6. The zero-order chi connectivity index (χ0) is 21.6. The van der Waals surface area contributed by atoms with Crippen molar-refractivity contribution >= 4 is 28.3 Å². The highest BCUT2D eigenvalue weighted by atomic mass is 35.5. The van der Waals surface area contributed by atoms with Gasteiger partial charge in [-0.2, -0.15) is 18.3 Å². The number of esters is 1. The topological polar surface area (TPSA) is 81.9 Å². The Morgan fingerprint density at radius 1 is 1.30 bits per heavy atom. The zero-order valence-corrected chi connectivity index (χ0v) is 16.8. The SMILES string of the molecule is CC(C)c1c(OC(=O)C(F)(F)F)nc(-c2cnn(C3CNC3)c2)c2cnc(Cl)cc12. The van der Waals surface area contributed by atoms with Gasteiger partial charge in [-0.1, -0.05) is 25.4 Å². The van der Waals surface area contributed by atoms with Crippen LogP contribution in [0.25, 0.3) is 22.0 Å². The molecule has 0 spiro atoms. The lowest BCUT2D eigenvalue weighted by atomic mass is 9.96. The van der Waals surface area contributed by atoms with Crippen LogP contribution >= 0.6 is 11.6 Å². The number of rotatable bonds is 4. The summed E-state index contributed by atoms with van der Waals surface area (Å²) in [5.41, 5.74) is 1.21. The molecule has 1 aliphatic rings. The van der Waals surface area contributed by atoms with Gasteiger partial charge in [-0.3, -0.25) is 4.68 Å². The molecule has 158 valence electrons. The van der Waals surface area contributed by atoms with Crippen molar-refractivity contribution in [1.29, 1.82) is 0 Å². The molecule has 0 saturated carbocycles. The fraction of sp³-hybridized carbons (Fsp3) is 0.368. The van der Waals surface area contributed by atoms with Crippen LogP contribution in [0.2, 0.25) is 5.15 Å². The van der Waals surface area contributed by atoms with Crippen LogP contribution in [-0.4, -0.2) is 45.0 Å². The van der Waals surface area contributed by atoms with Crippen molar-refractivity contribution in [3.05, 3.63) is 35.4 Å². The summed E-state index contributed by atoms with van der Waals surface area (Å²) in [6.45, 7) is 5.06. The Bertz CT molecular complexity index is 1130. The average Bonchev–Trinajstić information content (AvgIpc) is 3.07. The van der Waals surface area contributed by atoms with E-state index < -0.39 is 18.0 Å². The third-order valence-electron chi connectivity index (χ3n) is 4.87. The van der Waals surface area contributed by atoms with Crippen LogP contribution in [0.15, 0.2) is 24.7 Å². The third kappa shape index (κ3) is 3.72. The van der Waals surface area contributed by atoms with Crippen molar-refractivity contribution < 1.29 is 22.7 Å². The summed E-state index contributed by atoms with van der Waals surface area (Å²) in [6, 6.07) is 1.72. The molecule has 0 radical (unpaired) electrons. The maximum atomic E-state index is 12.9. The van der Waals surface area contributed by atoms with Crippen LogP contribution in [0.5, 0.6) is 5.88 Å². The van der Waals surface area contributed by atoms with E-state index in [9.17, 15) is 18.0 Å². The first-order chi connectivity index (χ1) is 14.1. The Labute approximate surface area is 174 Å². The van der Waals surface area contributed by atoms with Gasteiger partial charge in [-0.15, -0.1) is 0 Å². The molecule has 1 aliphatic heterocycles. The van der Waals surface area contributed by atoms with Gasteiger partial charge in [0.2, 0.25) is 5.88 Å². The number of alkyl halides is 3. The number of carbonyl (C=O) groups is 1. The molecule has 7 nitrogen and oxygen atoms in total. The van der Waals surface area contributed by atoms with Gasteiger partial charge in [0.25, 0.3) is 0 Å². The molecule has 0 amide bonds. The smallest absolute Gasteiger partial charge is 0.400 e. The van der Waals surface area contributed by atoms with E-state index in [0.717, 1.165) is 13.1 Å². The highest BCUT2D eigenvalue weighted by Gasteiger charge is 2.42. The monoisotopic (exact) mass is 439 g/mol. The Morgan fingerprint density at radius 3 is 2.63 bits per heavy atom. The van der Waals surface area contributed by atoms with Crippen LogP contribution in [0, 0.1) is 0 Å². The van der Waals surface area contributed by atoms with E-state index >= 15 is 0 Å². The number of nitrogens with zero attached hydrogens (tertiary/aromatic N) is 4. The number of pyridine rings is 2. The predicted octanol–water partition coefficient (Wildman–Crippen LogP) is 3.88. The van der Waals surface area contributed by atoms with E-state index in [1.165, 1.54) is 12.3 Å². The minimum atomic E-state index is -5.15. The number of ether oxygens (including phenoxy) is 1. The molecule has 0 atom stereocenters. The Morgan fingerprint density at radius 2 is 2.03 bits per heavy atom. The molecule has 3 aromatic rings. The molecule has 0 bridgehead atoms. The van der Waals surface area contributed by atoms with Crippen LogP contribution in [0.3, 0.4) is 0 Å². The minimum Gasteiger partial charge on any atom is -0.400 e. The van der Waals surface area contributed by atoms with Gasteiger partial charge in [0.05, 0.1) is 17.9 Å². The van der Waals surface area contributed by atoms with E-state index in [2.05, 4.69) is 20.4 Å². The van der Waals surface area contributed by atoms with Gasteiger partial charge < -0.3 is 10.1 Å². The first kappa shape index (κ1) is 20.5. The lowest BCUT2D eigenvalue weighted by molar-refractivity contribution is -0.190. The number of fused-ring (bicyclic) bond motifs is 1. The van der Waals surface area contributed by atoms with Crippen molar-refractivity contribution in [2.45, 2.75) is 32.0 Å². The quantitative estimate of drug-likeness (QED) is 0.490. The molecule has 30 heavy (non-hydrogen) atoms. The van der Waals surface area contributed by atoms with E-state index in [4.69, 9.17) is 16.3 Å². The maximum Gasteiger partial charge on any atom is 0.491 e. The van der Waals surface area contributed by atoms with E-state index in [0.29, 0.717) is 27.6 Å². The second-order valence-corrected chi connectivity index (χ2v) is 7.68. The molecule has 1 N–H and O–H groups in total. The third-order valence-corrected chi connectivity index (χ3v) is 5.07. The molecule has 1 saturated heterocycles. The van der Waals surface area contributed by atoms with Crippen LogP contribution in [0.4, 0.5) is 13.2 Å². The largest absolute Gasteiger partial charge is 0.491 e. The molecule has 0 aliphatic carbocycles. The standard InChI is InChI=1S/C19H17ClF3N5O2/c1-9(2)15-12-3-14(20)25-7-13(12)16(27-17(15)30-18(29)19(21,22)23)10-4-26-28(8-10)11-5-24-6-11/h3-4,7-9,11,24H,5-6H2,1-2H3. The van der Waals surface area contributed by atoms with Gasteiger partial charge in [0, 0.05) is 42.0 Å². The van der Waals surface area contributed by atoms with Gasteiger partial charge in [0.15, 0.2) is 0 Å². The predicted molar refractivity (Wildman–Crippen MR) is 103 cm³/mol. The summed E-state index contributed by atoms with van der Waals surface area (Å²) < 4.78 is 45.0. The summed E-state index contributed by atoms with van der Waals surface area (Å²) in [6.07, 6.45) is -0.321. The van der Waals surface area contributed by atoms with Crippen molar-refractivity contribution in [3.8, 4) is 17.1 Å². The fourth-order valence-electron chi connectivity index (χ4n) is 3.30. The van der Waals surface area contributed by atoms with Crippen LogP contribution in [0.1, 0.15) is 31.4 Å². The van der Waals surface area contributed by atoms with Crippen molar-refractivity contribution in [1.82, 2.24) is 25.1 Å². The van der Waals surface area contributed by atoms with Crippen molar-refractivity contribution in [2.24, 2.45) is 0 Å². The van der Waals surface area contributed by atoms with Gasteiger partial charge >= 0.3 is 12.1 Å². The Kier molecular flexibility index (Phi) is 5.15. The summed E-state index contributed by atoms with van der Waals surface area (Å²) in [5.74, 6) is -3.04. The molecule has 4 rings (SSSR count). The number of aromatic nitrogens is 4. The van der Waals surface area contributed by atoms with Gasteiger partial charge in [-0.05, 0) is 17.4 Å². The van der Waals surface area contributed by atoms with Crippen molar-refractivity contribution in [2.75, 3.05) is 13.1 Å². The molecule has 4 heterocycles. The second-order valence-electron chi connectivity index (χ2n) is 7.29. The normalized spacial score (nSPS) is 14.9. The summed E-state index contributed by atoms with van der Waals surface area (Å²) in [5, 5.41) is 8.71. The fourth-order valence-corrected chi connectivity index (χ4v) is 3.46. The first-order valence-corrected chi connectivity index (χ1v) is 9.56. The van der Waals surface area contributed by atoms with Crippen molar-refractivity contribution in [3.63, 3.8) is 0 Å². The summed E-state index contributed by atoms with van der Waals surface area (Å²) in [4.78, 5) is 19.9. The highest BCUT2D eigenvalue weighted by molar-refractivity contribution is 6.30. The molecular weight excluding hydrogens is 423 g/mol. The van der Waals surface area contributed by atoms with Crippen LogP contribution < -0.4 is 10.1 Å². The van der Waals surface area contributed by atoms with E-state index in [1.54, 1.807) is 30.9 Å². The number of halogens is 4. The number of hydrogen-bond donors (Lipinski definition) is 1. The lowest BCUT2D eigenvalue weighted by Gasteiger charge is -2.27. The second kappa shape index (κ2) is 7.51. The Balaban J connectivity index is 1.92. The van der Waals surface area contributed by atoms with Crippen LogP contribution in [-0.2, 0) is 4.79 Å². The molecule has 0 unspecified atom stereocenters. The van der Waals surface area contributed by atoms with Gasteiger partial charge in [0.1, 0.15) is 5.15 Å². The van der Waals surface area contributed by atoms with E-state index in [-0.39, 0.29) is 17.1 Å². The van der Waals surface area contributed by atoms with E-state index in [1.807, 2.05) is 0 Å². The summed E-state index contributed by atoms with van der Waals surface area (Å²) >= 11 is 6.05. The zero-order valence-electron chi connectivity index (χ0n) is 16.0. The number of carbonyl (C=O) groups excluding carboxylic acids is 1. The average molecular weight is 440 g/mol. The minimum absolute atomic E-state index is 0.158. The highest BCUT2D eigenvalue weighted by Crippen LogP contribution is 2.39. The number of nitrogens with one attached hydrogen (secondary N) is 1. The summed E-state index contributed by atoms with van der Waals surface area (Å²) in [7, 11) is 0. The molecule has 11 heteroatoms. The molecule has 3 aromatic heterocycles. The first-order valence-electron chi connectivity index (χ1n) is 9.18. The molecule has 1 fully saturated rings.